The summed E-state index contributed by atoms with van der Waals surface area (Å²) in [5.74, 6) is 1.15. The van der Waals surface area contributed by atoms with Crippen molar-refractivity contribution in [2.24, 2.45) is 5.73 Å². The van der Waals surface area contributed by atoms with Gasteiger partial charge in [-0.1, -0.05) is 33.2 Å². The third-order valence-corrected chi connectivity index (χ3v) is 3.91. The molecule has 7 heteroatoms. The van der Waals surface area contributed by atoms with Gasteiger partial charge in [0, 0.05) is 17.6 Å². The molecule has 0 radical (unpaired) electrons. The van der Waals surface area contributed by atoms with Gasteiger partial charge < -0.3 is 15.0 Å². The Hall–Kier alpha value is -1.28. The SMILES string of the molecule is NCc1nc(CN2CCOC(c3cccc(Br)c3)C2)no1. The minimum Gasteiger partial charge on any atom is -0.371 e. The Morgan fingerprint density at radius 1 is 1.43 bits per heavy atom. The third-order valence-electron chi connectivity index (χ3n) is 3.42. The summed E-state index contributed by atoms with van der Waals surface area (Å²) in [6.07, 6.45) is 0.0668. The van der Waals surface area contributed by atoms with E-state index in [0.29, 0.717) is 24.9 Å². The van der Waals surface area contributed by atoms with Crippen LogP contribution in [0.1, 0.15) is 23.4 Å². The van der Waals surface area contributed by atoms with Crippen LogP contribution in [-0.2, 0) is 17.8 Å². The van der Waals surface area contributed by atoms with Crippen LogP contribution in [0.2, 0.25) is 0 Å². The molecule has 0 spiro atoms. The minimum absolute atomic E-state index is 0.0668. The molecule has 1 aliphatic heterocycles. The van der Waals surface area contributed by atoms with Crippen LogP contribution < -0.4 is 5.73 Å². The Balaban J connectivity index is 1.65. The van der Waals surface area contributed by atoms with E-state index in [4.69, 9.17) is 15.0 Å². The van der Waals surface area contributed by atoms with Gasteiger partial charge in [-0.05, 0) is 17.7 Å². The van der Waals surface area contributed by atoms with Crippen molar-refractivity contribution in [1.29, 1.82) is 0 Å². The average Bonchev–Trinajstić information content (AvgIpc) is 2.95. The number of nitrogens with two attached hydrogens (primary N) is 1. The molecule has 1 aromatic carbocycles. The lowest BCUT2D eigenvalue weighted by Crippen LogP contribution is -2.38. The molecule has 2 heterocycles. The Labute approximate surface area is 131 Å². The van der Waals surface area contributed by atoms with Crippen LogP contribution in [0.15, 0.2) is 33.3 Å². The molecule has 0 amide bonds. The van der Waals surface area contributed by atoms with E-state index in [9.17, 15) is 0 Å². The van der Waals surface area contributed by atoms with Gasteiger partial charge in [0.2, 0.25) is 5.89 Å². The van der Waals surface area contributed by atoms with Gasteiger partial charge in [0.05, 0.1) is 25.8 Å². The molecule has 1 unspecified atom stereocenters. The van der Waals surface area contributed by atoms with Crippen molar-refractivity contribution < 1.29 is 9.26 Å². The predicted molar refractivity (Wildman–Crippen MR) is 80.3 cm³/mol. The second kappa shape index (κ2) is 6.65. The maximum atomic E-state index is 5.87. The van der Waals surface area contributed by atoms with Gasteiger partial charge in [-0.3, -0.25) is 4.90 Å². The molecule has 0 saturated carbocycles. The van der Waals surface area contributed by atoms with E-state index in [1.165, 1.54) is 5.56 Å². The Morgan fingerprint density at radius 3 is 3.10 bits per heavy atom. The highest BCUT2D eigenvalue weighted by atomic mass is 79.9. The Kier molecular flexibility index (Phi) is 4.64. The monoisotopic (exact) mass is 352 g/mol. The Bertz CT molecular complexity index is 604. The van der Waals surface area contributed by atoms with Crippen molar-refractivity contribution >= 4 is 15.9 Å². The van der Waals surface area contributed by atoms with Gasteiger partial charge in [0.25, 0.3) is 0 Å². The zero-order valence-corrected chi connectivity index (χ0v) is 13.1. The molecule has 0 bridgehead atoms. The Morgan fingerprint density at radius 2 is 2.33 bits per heavy atom. The lowest BCUT2D eigenvalue weighted by Gasteiger charge is -2.32. The number of nitrogens with zero attached hydrogens (tertiary/aromatic N) is 3. The number of hydrogen-bond acceptors (Lipinski definition) is 6. The summed E-state index contributed by atoms with van der Waals surface area (Å²) in [4.78, 5) is 6.51. The lowest BCUT2D eigenvalue weighted by molar-refractivity contribution is -0.0338. The molecule has 1 saturated heterocycles. The number of rotatable bonds is 4. The number of ether oxygens (including phenoxy) is 1. The summed E-state index contributed by atoms with van der Waals surface area (Å²) in [6, 6.07) is 8.21. The van der Waals surface area contributed by atoms with Crippen molar-refractivity contribution in [2.75, 3.05) is 19.7 Å². The molecule has 1 aromatic heterocycles. The topological polar surface area (TPSA) is 77.4 Å². The molecular formula is C14H17BrN4O2. The van der Waals surface area contributed by atoms with E-state index >= 15 is 0 Å². The summed E-state index contributed by atoms with van der Waals surface area (Å²) in [5.41, 5.74) is 6.65. The first-order chi connectivity index (χ1) is 10.2. The van der Waals surface area contributed by atoms with Crippen molar-refractivity contribution in [3.05, 3.63) is 46.0 Å². The number of hydrogen-bond donors (Lipinski definition) is 1. The molecule has 2 aromatic rings. The summed E-state index contributed by atoms with van der Waals surface area (Å²) in [5, 5.41) is 3.94. The van der Waals surface area contributed by atoms with E-state index in [1.807, 2.05) is 12.1 Å². The number of aromatic nitrogens is 2. The van der Waals surface area contributed by atoms with E-state index in [0.717, 1.165) is 17.6 Å². The maximum Gasteiger partial charge on any atom is 0.240 e. The summed E-state index contributed by atoms with van der Waals surface area (Å²) in [6.45, 7) is 3.28. The average molecular weight is 353 g/mol. The second-order valence-electron chi connectivity index (χ2n) is 4.96. The first kappa shape index (κ1) is 14.6. The van der Waals surface area contributed by atoms with Crippen LogP contribution in [0.25, 0.3) is 0 Å². The van der Waals surface area contributed by atoms with Gasteiger partial charge in [0.1, 0.15) is 0 Å². The molecule has 2 N–H and O–H groups in total. The molecule has 1 aliphatic rings. The van der Waals surface area contributed by atoms with E-state index in [-0.39, 0.29) is 12.6 Å². The van der Waals surface area contributed by atoms with E-state index in [2.05, 4.69) is 43.1 Å². The molecular weight excluding hydrogens is 336 g/mol. The largest absolute Gasteiger partial charge is 0.371 e. The number of morpholine rings is 1. The van der Waals surface area contributed by atoms with Crippen molar-refractivity contribution in [3.63, 3.8) is 0 Å². The summed E-state index contributed by atoms with van der Waals surface area (Å²) >= 11 is 3.49. The number of halogens is 1. The highest BCUT2D eigenvalue weighted by Gasteiger charge is 2.23. The van der Waals surface area contributed by atoms with Crippen molar-refractivity contribution in [2.45, 2.75) is 19.2 Å². The van der Waals surface area contributed by atoms with Crippen molar-refractivity contribution in [1.82, 2.24) is 15.0 Å². The molecule has 112 valence electrons. The van der Waals surface area contributed by atoms with Crippen LogP contribution in [0.5, 0.6) is 0 Å². The van der Waals surface area contributed by atoms with Crippen LogP contribution in [0, 0.1) is 0 Å². The fourth-order valence-corrected chi connectivity index (χ4v) is 2.81. The van der Waals surface area contributed by atoms with Crippen LogP contribution in [0.4, 0.5) is 0 Å². The standard InChI is InChI=1S/C14H17BrN4O2/c15-11-3-1-2-10(6-11)12-8-19(4-5-20-12)9-13-17-14(7-16)21-18-13/h1-3,6,12H,4-5,7-9,16H2. The van der Waals surface area contributed by atoms with Crippen LogP contribution in [0.3, 0.4) is 0 Å². The first-order valence-corrected chi connectivity index (χ1v) is 7.65. The quantitative estimate of drug-likeness (QED) is 0.904. The highest BCUT2D eigenvalue weighted by Crippen LogP contribution is 2.25. The molecule has 1 fully saturated rings. The molecule has 0 aliphatic carbocycles. The fraction of sp³-hybridized carbons (Fsp3) is 0.429. The lowest BCUT2D eigenvalue weighted by atomic mass is 10.1. The predicted octanol–water partition coefficient (Wildman–Crippen LogP) is 1.86. The fourth-order valence-electron chi connectivity index (χ4n) is 2.39. The van der Waals surface area contributed by atoms with Crippen LogP contribution in [-0.4, -0.2) is 34.7 Å². The number of benzene rings is 1. The first-order valence-electron chi connectivity index (χ1n) is 6.85. The van der Waals surface area contributed by atoms with Crippen LogP contribution >= 0.6 is 15.9 Å². The zero-order valence-electron chi connectivity index (χ0n) is 11.5. The third kappa shape index (κ3) is 3.68. The molecule has 3 rings (SSSR count). The van der Waals surface area contributed by atoms with Gasteiger partial charge in [-0.15, -0.1) is 0 Å². The normalized spacial score (nSPS) is 19.8. The van der Waals surface area contributed by atoms with Gasteiger partial charge in [-0.2, -0.15) is 4.98 Å². The summed E-state index contributed by atoms with van der Waals surface area (Å²) in [7, 11) is 0. The minimum atomic E-state index is 0.0668. The molecule has 21 heavy (non-hydrogen) atoms. The maximum absolute atomic E-state index is 5.87. The van der Waals surface area contributed by atoms with Crippen molar-refractivity contribution in [3.8, 4) is 0 Å². The van der Waals surface area contributed by atoms with Gasteiger partial charge >= 0.3 is 0 Å². The van der Waals surface area contributed by atoms with Gasteiger partial charge in [-0.25, -0.2) is 0 Å². The highest BCUT2D eigenvalue weighted by molar-refractivity contribution is 9.10. The second-order valence-corrected chi connectivity index (χ2v) is 5.87. The van der Waals surface area contributed by atoms with E-state index in [1.54, 1.807) is 0 Å². The smallest absolute Gasteiger partial charge is 0.240 e. The zero-order chi connectivity index (χ0) is 14.7. The molecule has 1 atom stereocenters. The van der Waals surface area contributed by atoms with E-state index < -0.39 is 0 Å². The van der Waals surface area contributed by atoms with Gasteiger partial charge in [0.15, 0.2) is 5.82 Å². The molecule has 6 nitrogen and oxygen atoms in total. The summed E-state index contributed by atoms with van der Waals surface area (Å²) < 4.78 is 12.0.